The predicted octanol–water partition coefficient (Wildman–Crippen LogP) is 3.66. The lowest BCUT2D eigenvalue weighted by atomic mass is 10.1. The number of nitrogens with one attached hydrogen (secondary N) is 2. The second kappa shape index (κ2) is 11.0. The number of H-pyrrole nitrogens is 1. The molecule has 9 nitrogen and oxygen atoms in total. The van der Waals surface area contributed by atoms with Gasteiger partial charge in [0.25, 0.3) is 12.4 Å². The topological polar surface area (TPSA) is 116 Å². The monoisotopic (exact) mass is 452 g/mol. The summed E-state index contributed by atoms with van der Waals surface area (Å²) in [6, 6.07) is 8.59. The van der Waals surface area contributed by atoms with Gasteiger partial charge in [0.15, 0.2) is 0 Å². The molecule has 1 amide bonds. The number of anilines is 1. The fraction of sp³-hybridized carbons (Fsp3) is 0.217. The first kappa shape index (κ1) is 23.6. The highest BCUT2D eigenvalue weighted by Crippen LogP contribution is 2.27. The zero-order chi connectivity index (χ0) is 23.8. The van der Waals surface area contributed by atoms with Gasteiger partial charge in [-0.1, -0.05) is 19.9 Å². The second-order valence-electron chi connectivity index (χ2n) is 7.08. The Bertz CT molecular complexity index is 1220. The highest BCUT2D eigenvalue weighted by molar-refractivity contribution is 6.08. The summed E-state index contributed by atoms with van der Waals surface area (Å²) in [5, 5.41) is 16.1. The normalized spacial score (nSPS) is 10.7. The van der Waals surface area contributed by atoms with E-state index in [4.69, 9.17) is 9.90 Å². The number of carbonyl (C=O) groups excluding carboxylic acids is 1. The summed E-state index contributed by atoms with van der Waals surface area (Å²) in [6.45, 7) is 6.56. The number of amides is 1. The van der Waals surface area contributed by atoms with E-state index >= 15 is 0 Å². The highest BCUT2D eigenvalue weighted by atomic mass is 19.1. The minimum Gasteiger partial charge on any atom is -0.483 e. The quantitative estimate of drug-likeness (QED) is 0.369. The number of hydrogen-bond acceptors (Lipinski definition) is 5. The average molecular weight is 452 g/mol. The number of carbonyl (C=O) groups is 2. The van der Waals surface area contributed by atoms with E-state index in [1.807, 2.05) is 12.1 Å². The number of aromatic nitrogens is 4. The molecule has 1 aromatic carbocycles. The minimum absolute atomic E-state index is 0.250. The van der Waals surface area contributed by atoms with E-state index in [1.54, 1.807) is 35.1 Å². The zero-order valence-electron chi connectivity index (χ0n) is 18.3. The first-order valence-corrected chi connectivity index (χ1v) is 10.4. The van der Waals surface area contributed by atoms with Crippen LogP contribution in [0.1, 0.15) is 29.8 Å². The van der Waals surface area contributed by atoms with E-state index in [-0.39, 0.29) is 18.2 Å². The van der Waals surface area contributed by atoms with E-state index in [0.717, 1.165) is 25.2 Å². The molecule has 0 fully saturated rings. The third-order valence-corrected chi connectivity index (χ3v) is 5.14. The molecule has 0 bridgehead atoms. The van der Waals surface area contributed by atoms with E-state index < -0.39 is 0 Å². The Morgan fingerprint density at radius 2 is 2.03 bits per heavy atom. The van der Waals surface area contributed by atoms with Gasteiger partial charge in [-0.2, -0.15) is 5.10 Å². The van der Waals surface area contributed by atoms with Crippen molar-refractivity contribution in [3.05, 3.63) is 72.1 Å². The number of aromatic amines is 1. The number of rotatable bonds is 7. The Balaban J connectivity index is 0.000000968. The first-order chi connectivity index (χ1) is 16.0. The Kier molecular flexibility index (Phi) is 7.87. The maximum Gasteiger partial charge on any atom is 0.290 e. The molecule has 4 aromatic rings. The molecular weight excluding hydrogens is 427 g/mol. The van der Waals surface area contributed by atoms with Gasteiger partial charge in [-0.3, -0.25) is 24.0 Å². The molecule has 0 spiro atoms. The summed E-state index contributed by atoms with van der Waals surface area (Å²) >= 11 is 0. The number of carboxylic acid groups (broad SMARTS) is 1. The number of pyridine rings is 1. The summed E-state index contributed by atoms with van der Waals surface area (Å²) in [6.07, 6.45) is 6.49. The van der Waals surface area contributed by atoms with Crippen molar-refractivity contribution in [1.29, 1.82) is 0 Å². The van der Waals surface area contributed by atoms with Crippen molar-refractivity contribution in [3.63, 3.8) is 0 Å². The van der Waals surface area contributed by atoms with Crippen molar-refractivity contribution in [2.24, 2.45) is 0 Å². The lowest BCUT2D eigenvalue weighted by Gasteiger charge is -2.18. The summed E-state index contributed by atoms with van der Waals surface area (Å²) in [5.74, 6) is -0.636. The van der Waals surface area contributed by atoms with Crippen LogP contribution in [0.25, 0.3) is 16.9 Å². The molecule has 0 saturated heterocycles. The molecule has 0 unspecified atom stereocenters. The van der Waals surface area contributed by atoms with Crippen LogP contribution >= 0.6 is 0 Å². The summed E-state index contributed by atoms with van der Waals surface area (Å²) in [7, 11) is 0. The van der Waals surface area contributed by atoms with Gasteiger partial charge >= 0.3 is 0 Å². The molecule has 3 aromatic heterocycles. The molecule has 0 aliphatic rings. The van der Waals surface area contributed by atoms with Gasteiger partial charge in [0.05, 0.1) is 29.3 Å². The molecule has 0 saturated carbocycles. The van der Waals surface area contributed by atoms with Crippen molar-refractivity contribution >= 4 is 23.7 Å². The molecule has 4 rings (SSSR count). The largest absolute Gasteiger partial charge is 0.483 e. The van der Waals surface area contributed by atoms with Gasteiger partial charge in [-0.05, 0) is 42.9 Å². The Hall–Kier alpha value is -4.05. The van der Waals surface area contributed by atoms with Crippen molar-refractivity contribution in [3.8, 4) is 11.3 Å². The molecule has 3 heterocycles. The van der Waals surface area contributed by atoms with Crippen LogP contribution < -0.4 is 5.32 Å². The van der Waals surface area contributed by atoms with Crippen LogP contribution in [0.3, 0.4) is 0 Å². The van der Waals surface area contributed by atoms with E-state index in [0.29, 0.717) is 28.2 Å². The number of nitrogens with zero attached hydrogens (tertiary/aromatic N) is 4. The fourth-order valence-electron chi connectivity index (χ4n) is 3.48. The van der Waals surface area contributed by atoms with Crippen molar-refractivity contribution in [1.82, 2.24) is 24.5 Å². The van der Waals surface area contributed by atoms with Gasteiger partial charge in [0.1, 0.15) is 11.5 Å². The molecule has 172 valence electrons. The van der Waals surface area contributed by atoms with E-state index in [9.17, 15) is 9.18 Å². The average Bonchev–Trinajstić information content (AvgIpc) is 3.48. The van der Waals surface area contributed by atoms with Crippen LogP contribution in [0, 0.1) is 5.82 Å². The molecule has 3 N–H and O–H groups in total. The molecule has 10 heteroatoms. The zero-order valence-corrected chi connectivity index (χ0v) is 18.3. The lowest BCUT2D eigenvalue weighted by Crippen LogP contribution is -2.22. The lowest BCUT2D eigenvalue weighted by molar-refractivity contribution is -0.122. The van der Waals surface area contributed by atoms with E-state index in [2.05, 4.69) is 39.2 Å². The highest BCUT2D eigenvalue weighted by Gasteiger charge is 2.17. The Morgan fingerprint density at radius 1 is 1.27 bits per heavy atom. The number of imidazole rings is 1. The standard InChI is InChI=1S/C22H23FN6O.CH2O2/c1-3-28(4-2)14-15-7-8-19(23)18(10-15)20-13-24-21-17(6-5-9-29(20)21)22(30)27-16-11-25-26-12-16;2-1-3/h5-13H,3-4,14H2,1-2H3,(H,25,26)(H,27,30);1H,(H,2,3). The number of fused-ring (bicyclic) bond motifs is 1. The van der Waals surface area contributed by atoms with Crippen molar-refractivity contribution in [2.45, 2.75) is 20.4 Å². The van der Waals surface area contributed by atoms with Gasteiger partial charge < -0.3 is 10.4 Å². The van der Waals surface area contributed by atoms with Gasteiger partial charge in [0, 0.05) is 24.5 Å². The Morgan fingerprint density at radius 3 is 2.70 bits per heavy atom. The van der Waals surface area contributed by atoms with Crippen LogP contribution in [0.15, 0.2) is 55.1 Å². The fourth-order valence-corrected chi connectivity index (χ4v) is 3.48. The summed E-state index contributed by atoms with van der Waals surface area (Å²) in [4.78, 5) is 27.7. The maximum atomic E-state index is 14.7. The molecule has 0 aliphatic carbocycles. The van der Waals surface area contributed by atoms with Gasteiger partial charge in [0.2, 0.25) is 0 Å². The summed E-state index contributed by atoms with van der Waals surface area (Å²) < 4.78 is 16.5. The predicted molar refractivity (Wildman–Crippen MR) is 122 cm³/mol. The van der Waals surface area contributed by atoms with Crippen LogP contribution in [-0.2, 0) is 11.3 Å². The SMILES string of the molecule is CCN(CC)Cc1ccc(F)c(-c2cnc3c(C(=O)Nc4cn[nH]c4)cccn23)c1.O=CO. The minimum atomic E-state index is -0.326. The third-order valence-electron chi connectivity index (χ3n) is 5.14. The van der Waals surface area contributed by atoms with Crippen LogP contribution in [0.2, 0.25) is 0 Å². The molecule has 0 atom stereocenters. The number of hydrogen-bond donors (Lipinski definition) is 3. The van der Waals surface area contributed by atoms with Crippen LogP contribution in [-0.4, -0.2) is 55.1 Å². The van der Waals surface area contributed by atoms with E-state index in [1.165, 1.54) is 12.3 Å². The molecule has 33 heavy (non-hydrogen) atoms. The second-order valence-corrected chi connectivity index (χ2v) is 7.08. The Labute approximate surface area is 189 Å². The number of benzene rings is 1. The van der Waals surface area contributed by atoms with Crippen molar-refractivity contribution in [2.75, 3.05) is 18.4 Å². The first-order valence-electron chi connectivity index (χ1n) is 10.4. The maximum absolute atomic E-state index is 14.7. The van der Waals surface area contributed by atoms with Crippen LogP contribution in [0.4, 0.5) is 10.1 Å². The molecule has 0 radical (unpaired) electrons. The van der Waals surface area contributed by atoms with Crippen LogP contribution in [0.5, 0.6) is 0 Å². The van der Waals surface area contributed by atoms with Gasteiger partial charge in [-0.25, -0.2) is 9.37 Å². The van der Waals surface area contributed by atoms with Gasteiger partial charge in [-0.15, -0.1) is 0 Å². The smallest absolute Gasteiger partial charge is 0.290 e. The third kappa shape index (κ3) is 5.42. The molecule has 0 aliphatic heterocycles. The number of halogens is 1. The molecular formula is C23H25FN6O3. The van der Waals surface area contributed by atoms with Crippen molar-refractivity contribution < 1.29 is 19.1 Å². The summed E-state index contributed by atoms with van der Waals surface area (Å²) in [5.41, 5.74) is 3.50.